The average Bonchev–Trinajstić information content (AvgIpc) is 2.82. The Morgan fingerprint density at radius 1 is 1.24 bits per heavy atom. The van der Waals surface area contributed by atoms with Crippen LogP contribution in [0.25, 0.3) is 0 Å². The van der Waals surface area contributed by atoms with Gasteiger partial charge in [-0.2, -0.15) is 5.26 Å². The lowest BCUT2D eigenvalue weighted by atomic mass is 9.89. The number of anilines is 1. The summed E-state index contributed by atoms with van der Waals surface area (Å²) in [6.07, 6.45) is 2.60. The van der Waals surface area contributed by atoms with Crippen molar-refractivity contribution in [3.63, 3.8) is 0 Å². The molecule has 6 nitrogen and oxygen atoms in total. The third kappa shape index (κ3) is 5.81. The van der Waals surface area contributed by atoms with Crippen molar-refractivity contribution >= 4 is 17.6 Å². The highest BCUT2D eigenvalue weighted by atomic mass is 32.2. The maximum absolute atomic E-state index is 10.1. The number of pyridine rings is 1. The molecule has 176 valence electrons. The number of hydrogen-bond acceptors (Lipinski definition) is 7. The van der Waals surface area contributed by atoms with E-state index in [9.17, 15) is 5.26 Å². The van der Waals surface area contributed by atoms with Gasteiger partial charge in [0, 0.05) is 30.8 Å². The molecule has 1 fully saturated rings. The van der Waals surface area contributed by atoms with Crippen LogP contribution in [0, 0.1) is 11.3 Å². The summed E-state index contributed by atoms with van der Waals surface area (Å²) in [7, 11) is 0. The summed E-state index contributed by atoms with van der Waals surface area (Å²) in [6.45, 7) is 10.5. The zero-order valence-electron chi connectivity index (χ0n) is 19.9. The standard InChI is InChI=1S/C26H33N3O3S/c1-4-11-31-20-7-5-6-19(15-20)8-14-33-25-22(17-27)21-16-26(2,3)32-18-23(21)24(28-25)29-9-12-30-13-10-29/h5-7,15H,4,8-14,16,18H2,1-3H3. The minimum Gasteiger partial charge on any atom is -0.494 e. The first-order chi connectivity index (χ1) is 16.0. The van der Waals surface area contributed by atoms with Crippen LogP contribution in [0.15, 0.2) is 29.3 Å². The Labute approximate surface area is 201 Å². The highest BCUT2D eigenvalue weighted by Gasteiger charge is 2.33. The van der Waals surface area contributed by atoms with E-state index in [1.807, 2.05) is 12.1 Å². The normalized spacial score (nSPS) is 17.3. The van der Waals surface area contributed by atoms with E-state index in [4.69, 9.17) is 19.2 Å². The third-order valence-corrected chi connectivity index (χ3v) is 6.97. The van der Waals surface area contributed by atoms with E-state index in [-0.39, 0.29) is 5.60 Å². The van der Waals surface area contributed by atoms with Gasteiger partial charge in [-0.15, -0.1) is 11.8 Å². The Balaban J connectivity index is 1.57. The number of aryl methyl sites for hydroxylation is 1. The molecule has 0 spiro atoms. The van der Waals surface area contributed by atoms with Gasteiger partial charge < -0.3 is 19.1 Å². The number of morpholine rings is 1. The molecule has 2 aliphatic heterocycles. The molecule has 1 saturated heterocycles. The van der Waals surface area contributed by atoms with Crippen LogP contribution in [-0.2, 0) is 28.9 Å². The Bertz CT molecular complexity index is 1010. The molecule has 0 bridgehead atoms. The number of benzene rings is 1. The van der Waals surface area contributed by atoms with Crippen LogP contribution in [0.5, 0.6) is 5.75 Å². The predicted octanol–water partition coefficient (Wildman–Crippen LogP) is 4.76. The van der Waals surface area contributed by atoms with Crippen molar-refractivity contribution in [2.24, 2.45) is 0 Å². The van der Waals surface area contributed by atoms with Crippen molar-refractivity contribution in [3.05, 3.63) is 46.5 Å². The van der Waals surface area contributed by atoms with Crippen LogP contribution in [0.4, 0.5) is 5.82 Å². The largest absolute Gasteiger partial charge is 0.494 e. The summed E-state index contributed by atoms with van der Waals surface area (Å²) in [4.78, 5) is 7.31. The Morgan fingerprint density at radius 3 is 2.82 bits per heavy atom. The maximum Gasteiger partial charge on any atom is 0.135 e. The summed E-state index contributed by atoms with van der Waals surface area (Å²) in [5.74, 6) is 2.72. The van der Waals surface area contributed by atoms with E-state index in [0.717, 1.165) is 72.4 Å². The number of hydrogen-bond donors (Lipinski definition) is 0. The predicted molar refractivity (Wildman–Crippen MR) is 131 cm³/mol. The van der Waals surface area contributed by atoms with E-state index >= 15 is 0 Å². The quantitative estimate of drug-likeness (QED) is 0.518. The van der Waals surface area contributed by atoms with Gasteiger partial charge in [-0.3, -0.25) is 0 Å². The second-order valence-corrected chi connectivity index (χ2v) is 10.2. The van der Waals surface area contributed by atoms with Gasteiger partial charge in [-0.25, -0.2) is 4.98 Å². The van der Waals surface area contributed by atoms with Crippen molar-refractivity contribution in [3.8, 4) is 11.8 Å². The molecule has 1 aromatic carbocycles. The molecule has 3 heterocycles. The molecule has 7 heteroatoms. The highest BCUT2D eigenvalue weighted by molar-refractivity contribution is 7.99. The van der Waals surface area contributed by atoms with Crippen molar-refractivity contribution in [2.75, 3.05) is 43.6 Å². The molecule has 0 aliphatic carbocycles. The Hall–Kier alpha value is -2.27. The van der Waals surface area contributed by atoms with Gasteiger partial charge >= 0.3 is 0 Å². The fourth-order valence-electron chi connectivity index (χ4n) is 4.26. The first-order valence-electron chi connectivity index (χ1n) is 11.8. The lowest BCUT2D eigenvalue weighted by molar-refractivity contribution is -0.0402. The number of ether oxygens (including phenoxy) is 3. The number of nitrogens with zero attached hydrogens (tertiary/aromatic N) is 3. The molecule has 33 heavy (non-hydrogen) atoms. The van der Waals surface area contributed by atoms with Gasteiger partial charge in [0.05, 0.1) is 37.6 Å². The van der Waals surface area contributed by atoms with Gasteiger partial charge in [0.25, 0.3) is 0 Å². The summed E-state index contributed by atoms with van der Waals surface area (Å²) in [5.41, 5.74) is 3.82. The van der Waals surface area contributed by atoms with E-state index in [2.05, 4.69) is 43.9 Å². The molecular formula is C26H33N3O3S. The number of thioether (sulfide) groups is 1. The van der Waals surface area contributed by atoms with Crippen LogP contribution in [0.1, 0.15) is 49.4 Å². The molecule has 1 aromatic heterocycles. The molecule has 2 aromatic rings. The number of nitriles is 1. The third-order valence-electron chi connectivity index (χ3n) is 5.99. The minimum atomic E-state index is -0.289. The van der Waals surface area contributed by atoms with Gasteiger partial charge in [0.15, 0.2) is 0 Å². The summed E-state index contributed by atoms with van der Waals surface area (Å²) in [5, 5.41) is 10.9. The first kappa shape index (κ1) is 23.9. The smallest absolute Gasteiger partial charge is 0.135 e. The zero-order chi connectivity index (χ0) is 23.3. The topological polar surface area (TPSA) is 67.6 Å². The van der Waals surface area contributed by atoms with Crippen LogP contribution >= 0.6 is 11.8 Å². The van der Waals surface area contributed by atoms with Crippen LogP contribution < -0.4 is 9.64 Å². The Morgan fingerprint density at radius 2 is 2.06 bits per heavy atom. The average molecular weight is 468 g/mol. The molecule has 0 amide bonds. The van der Waals surface area contributed by atoms with Gasteiger partial charge in [0.1, 0.15) is 22.7 Å². The molecule has 0 radical (unpaired) electrons. The van der Waals surface area contributed by atoms with E-state index in [0.29, 0.717) is 25.4 Å². The molecule has 4 rings (SSSR count). The molecule has 0 atom stereocenters. The second kappa shape index (κ2) is 10.8. The van der Waals surface area contributed by atoms with Gasteiger partial charge in [-0.05, 0) is 49.9 Å². The van der Waals surface area contributed by atoms with Gasteiger partial charge in [0.2, 0.25) is 0 Å². The van der Waals surface area contributed by atoms with E-state index < -0.39 is 0 Å². The summed E-state index contributed by atoms with van der Waals surface area (Å²) >= 11 is 1.67. The fourth-order valence-corrected chi connectivity index (χ4v) is 5.25. The molecular weight excluding hydrogens is 434 g/mol. The fraction of sp³-hybridized carbons (Fsp3) is 0.538. The minimum absolute atomic E-state index is 0.289. The van der Waals surface area contributed by atoms with Crippen molar-refractivity contribution < 1.29 is 14.2 Å². The second-order valence-electron chi connectivity index (χ2n) is 9.10. The molecule has 0 saturated carbocycles. The first-order valence-corrected chi connectivity index (χ1v) is 12.8. The van der Waals surface area contributed by atoms with E-state index in [1.165, 1.54) is 5.56 Å². The maximum atomic E-state index is 10.1. The molecule has 0 N–H and O–H groups in total. The summed E-state index contributed by atoms with van der Waals surface area (Å²) in [6, 6.07) is 10.8. The lowest BCUT2D eigenvalue weighted by Gasteiger charge is -2.36. The van der Waals surface area contributed by atoms with Gasteiger partial charge in [-0.1, -0.05) is 19.1 Å². The monoisotopic (exact) mass is 467 g/mol. The van der Waals surface area contributed by atoms with Crippen molar-refractivity contribution in [1.82, 2.24) is 4.98 Å². The van der Waals surface area contributed by atoms with Crippen LogP contribution in [-0.4, -0.2) is 49.2 Å². The number of aromatic nitrogens is 1. The lowest BCUT2D eigenvalue weighted by Crippen LogP contribution is -2.39. The number of rotatable bonds is 8. The van der Waals surface area contributed by atoms with Crippen molar-refractivity contribution in [1.29, 1.82) is 5.26 Å². The van der Waals surface area contributed by atoms with E-state index in [1.54, 1.807) is 11.8 Å². The zero-order valence-corrected chi connectivity index (χ0v) is 20.7. The van der Waals surface area contributed by atoms with Crippen LogP contribution in [0.3, 0.4) is 0 Å². The van der Waals surface area contributed by atoms with Crippen molar-refractivity contribution in [2.45, 2.75) is 57.3 Å². The summed E-state index contributed by atoms with van der Waals surface area (Å²) < 4.78 is 17.4. The van der Waals surface area contributed by atoms with Crippen LogP contribution in [0.2, 0.25) is 0 Å². The number of fused-ring (bicyclic) bond motifs is 1. The molecule has 2 aliphatic rings. The highest BCUT2D eigenvalue weighted by Crippen LogP contribution is 2.39. The molecule has 0 unspecified atom stereocenters. The Kier molecular flexibility index (Phi) is 7.79. The SMILES string of the molecule is CCCOc1cccc(CCSc2nc(N3CCOCC3)c3c(c2C#N)CC(C)(C)OC3)c1.